The molecule has 3 heterocycles. The lowest BCUT2D eigenvalue weighted by Crippen LogP contribution is -2.29. The Labute approximate surface area is 155 Å². The lowest BCUT2D eigenvalue weighted by atomic mass is 10.1. The van der Waals surface area contributed by atoms with Crippen molar-refractivity contribution in [3.63, 3.8) is 0 Å². The highest BCUT2D eigenvalue weighted by Gasteiger charge is 2.22. The molecule has 6 nitrogen and oxygen atoms in total. The number of hydrogen-bond acceptors (Lipinski definition) is 6. The summed E-state index contributed by atoms with van der Waals surface area (Å²) >= 11 is 1.37. The largest absolute Gasteiger partial charge is 0.454 e. The van der Waals surface area contributed by atoms with E-state index in [1.165, 1.54) is 11.3 Å². The zero-order valence-electron chi connectivity index (χ0n) is 14.4. The molecule has 0 N–H and O–H groups in total. The van der Waals surface area contributed by atoms with Crippen LogP contribution in [0.3, 0.4) is 0 Å². The Morgan fingerprint density at radius 3 is 2.88 bits per heavy atom. The normalized spacial score (nSPS) is 13.5. The average molecular weight is 367 g/mol. The Bertz CT molecular complexity index is 942. The van der Waals surface area contributed by atoms with Crippen molar-refractivity contribution < 1.29 is 14.3 Å². The molecule has 0 bridgehead atoms. The molecule has 4 rings (SSSR count). The maximum Gasteiger partial charge on any atom is 0.265 e. The first-order valence-corrected chi connectivity index (χ1v) is 8.98. The molecule has 0 fully saturated rings. The van der Waals surface area contributed by atoms with E-state index in [9.17, 15) is 4.79 Å². The number of amides is 1. The number of hydrogen-bond donors (Lipinski definition) is 0. The van der Waals surface area contributed by atoms with Crippen LogP contribution in [0.15, 0.2) is 48.9 Å². The molecule has 3 aromatic rings. The maximum absolute atomic E-state index is 12.8. The molecule has 0 spiro atoms. The Hall–Kier alpha value is -2.93. The number of benzene rings is 1. The zero-order chi connectivity index (χ0) is 18.1. The summed E-state index contributed by atoms with van der Waals surface area (Å²) in [6, 6.07) is 9.42. The van der Waals surface area contributed by atoms with Crippen LogP contribution in [0, 0.1) is 0 Å². The van der Waals surface area contributed by atoms with E-state index in [4.69, 9.17) is 9.47 Å². The van der Waals surface area contributed by atoms with Gasteiger partial charge in [0.25, 0.3) is 5.91 Å². The Morgan fingerprint density at radius 1 is 1.23 bits per heavy atom. The van der Waals surface area contributed by atoms with Gasteiger partial charge in [-0.1, -0.05) is 6.07 Å². The number of ether oxygens (including phenoxy) is 2. The predicted octanol–water partition coefficient (Wildman–Crippen LogP) is 3.77. The van der Waals surface area contributed by atoms with E-state index in [1.54, 1.807) is 30.5 Å². The fourth-order valence-corrected chi connectivity index (χ4v) is 3.63. The molecule has 1 aliphatic rings. The highest BCUT2D eigenvalue weighted by molar-refractivity contribution is 7.16. The van der Waals surface area contributed by atoms with Crippen molar-refractivity contribution in [2.24, 2.45) is 0 Å². The second-order valence-corrected chi connectivity index (χ2v) is 7.01. The van der Waals surface area contributed by atoms with Crippen LogP contribution in [0.4, 0.5) is 0 Å². The van der Waals surface area contributed by atoms with Crippen LogP contribution in [-0.2, 0) is 0 Å². The summed E-state index contributed by atoms with van der Waals surface area (Å²) in [5.74, 6) is 1.37. The molecule has 1 aromatic carbocycles. The van der Waals surface area contributed by atoms with Gasteiger partial charge >= 0.3 is 0 Å². The molecule has 1 amide bonds. The van der Waals surface area contributed by atoms with E-state index in [-0.39, 0.29) is 18.7 Å². The summed E-state index contributed by atoms with van der Waals surface area (Å²) < 4.78 is 10.7. The number of carbonyl (C=O) groups is 1. The fourth-order valence-electron chi connectivity index (χ4n) is 2.73. The third kappa shape index (κ3) is 3.01. The first kappa shape index (κ1) is 16.5. The van der Waals surface area contributed by atoms with Gasteiger partial charge in [0, 0.05) is 25.0 Å². The Balaban J connectivity index is 1.55. The number of thiazole rings is 1. The minimum absolute atomic E-state index is 0.0640. The molecule has 132 valence electrons. The van der Waals surface area contributed by atoms with Gasteiger partial charge in [0.1, 0.15) is 9.88 Å². The summed E-state index contributed by atoms with van der Waals surface area (Å²) in [5, 5.41) is 0.772. The molecule has 2 aromatic heterocycles. The van der Waals surface area contributed by atoms with Crippen molar-refractivity contribution in [3.05, 3.63) is 59.4 Å². The molecule has 0 aliphatic carbocycles. The number of carbonyl (C=O) groups excluding carboxylic acids is 1. The van der Waals surface area contributed by atoms with Crippen molar-refractivity contribution in [3.8, 4) is 22.1 Å². The SMILES string of the molecule is CC(c1cccnc1)N(C)C(=O)c1cnc(-c2ccc3c(c2)OCO3)s1. The van der Waals surface area contributed by atoms with E-state index in [1.807, 2.05) is 37.3 Å². The molecule has 1 unspecified atom stereocenters. The van der Waals surface area contributed by atoms with Crippen molar-refractivity contribution in [1.82, 2.24) is 14.9 Å². The maximum atomic E-state index is 12.8. The van der Waals surface area contributed by atoms with Gasteiger partial charge in [0.2, 0.25) is 6.79 Å². The second kappa shape index (κ2) is 6.76. The molecular weight excluding hydrogens is 350 g/mol. The van der Waals surface area contributed by atoms with Crippen LogP contribution in [0.2, 0.25) is 0 Å². The highest BCUT2D eigenvalue weighted by Crippen LogP contribution is 2.37. The highest BCUT2D eigenvalue weighted by atomic mass is 32.1. The Kier molecular flexibility index (Phi) is 4.30. The van der Waals surface area contributed by atoms with Crippen LogP contribution >= 0.6 is 11.3 Å². The van der Waals surface area contributed by atoms with Crippen molar-refractivity contribution >= 4 is 17.2 Å². The van der Waals surface area contributed by atoms with E-state index in [0.717, 1.165) is 21.9 Å². The average Bonchev–Trinajstić information content (AvgIpc) is 3.35. The van der Waals surface area contributed by atoms with Crippen LogP contribution in [-0.4, -0.2) is 34.6 Å². The number of nitrogens with zero attached hydrogens (tertiary/aromatic N) is 3. The minimum Gasteiger partial charge on any atom is -0.454 e. The van der Waals surface area contributed by atoms with Gasteiger partial charge in [-0.3, -0.25) is 9.78 Å². The molecular formula is C19H17N3O3S. The van der Waals surface area contributed by atoms with Gasteiger partial charge in [-0.2, -0.15) is 0 Å². The fraction of sp³-hybridized carbons (Fsp3) is 0.211. The van der Waals surface area contributed by atoms with Crippen LogP contribution in [0.1, 0.15) is 28.2 Å². The van der Waals surface area contributed by atoms with Crippen molar-refractivity contribution in [2.75, 3.05) is 13.8 Å². The van der Waals surface area contributed by atoms with Crippen molar-refractivity contribution in [2.45, 2.75) is 13.0 Å². The molecule has 0 radical (unpaired) electrons. The standard InChI is InChI=1S/C19H17N3O3S/c1-12(14-4-3-7-20-9-14)22(2)19(23)17-10-21-18(26-17)13-5-6-15-16(8-13)25-11-24-15/h3-10,12H,11H2,1-2H3. The summed E-state index contributed by atoms with van der Waals surface area (Å²) in [6.45, 7) is 2.21. The van der Waals surface area contributed by atoms with Gasteiger partial charge in [0.15, 0.2) is 11.5 Å². The molecule has 7 heteroatoms. The number of fused-ring (bicyclic) bond motifs is 1. The van der Waals surface area contributed by atoms with E-state index >= 15 is 0 Å². The summed E-state index contributed by atoms with van der Waals surface area (Å²) in [7, 11) is 1.79. The monoisotopic (exact) mass is 367 g/mol. The molecule has 1 aliphatic heterocycles. The van der Waals surface area contributed by atoms with Gasteiger partial charge in [-0.05, 0) is 36.8 Å². The van der Waals surface area contributed by atoms with Crippen molar-refractivity contribution in [1.29, 1.82) is 0 Å². The van der Waals surface area contributed by atoms with Crippen LogP contribution < -0.4 is 9.47 Å². The van der Waals surface area contributed by atoms with E-state index in [2.05, 4.69) is 9.97 Å². The van der Waals surface area contributed by atoms with Crippen LogP contribution in [0.5, 0.6) is 11.5 Å². The quantitative estimate of drug-likeness (QED) is 0.702. The smallest absolute Gasteiger partial charge is 0.265 e. The first-order valence-electron chi connectivity index (χ1n) is 8.16. The third-order valence-corrected chi connectivity index (χ3v) is 5.44. The second-order valence-electron chi connectivity index (χ2n) is 5.98. The minimum atomic E-state index is -0.0766. The van der Waals surface area contributed by atoms with E-state index in [0.29, 0.717) is 10.6 Å². The predicted molar refractivity (Wildman–Crippen MR) is 98.4 cm³/mol. The number of rotatable bonds is 4. The number of pyridine rings is 1. The van der Waals surface area contributed by atoms with Crippen LogP contribution in [0.25, 0.3) is 10.6 Å². The first-order chi connectivity index (χ1) is 12.6. The lowest BCUT2D eigenvalue weighted by molar-refractivity contribution is 0.0747. The van der Waals surface area contributed by atoms with Gasteiger partial charge < -0.3 is 14.4 Å². The number of aromatic nitrogens is 2. The third-order valence-electron chi connectivity index (χ3n) is 4.40. The van der Waals surface area contributed by atoms with E-state index < -0.39 is 0 Å². The van der Waals surface area contributed by atoms with Gasteiger partial charge in [-0.15, -0.1) is 11.3 Å². The summed E-state index contributed by atoms with van der Waals surface area (Å²) in [5.41, 5.74) is 1.89. The molecule has 0 saturated heterocycles. The Morgan fingerprint density at radius 2 is 2.08 bits per heavy atom. The summed E-state index contributed by atoms with van der Waals surface area (Å²) in [4.78, 5) is 23.7. The molecule has 26 heavy (non-hydrogen) atoms. The molecule has 1 atom stereocenters. The van der Waals surface area contributed by atoms with Gasteiger partial charge in [-0.25, -0.2) is 4.98 Å². The summed E-state index contributed by atoms with van der Waals surface area (Å²) in [6.07, 6.45) is 5.12. The zero-order valence-corrected chi connectivity index (χ0v) is 15.2. The lowest BCUT2D eigenvalue weighted by Gasteiger charge is -2.24. The topological polar surface area (TPSA) is 64.6 Å². The van der Waals surface area contributed by atoms with Gasteiger partial charge in [0.05, 0.1) is 12.2 Å². The molecule has 0 saturated carbocycles.